The molecule has 1 aliphatic carbocycles. The standard InChI is InChI=1S/C24H26ClF3N6O2/c1-12-19(8-30-34(12)22-6-24(22,27)28)32-23-29-7-13-4-16(25)15(5-18(13)31-23)14-2-3-33(9-17(14)26)20-10-36-11-21(20)35/h4-5,7-8,14,17,20-22,35H,2-3,6,9-11H2,1H3,(H,29,31,32)/t14-,17+,20+,21-,22?/m0/s1. The summed E-state index contributed by atoms with van der Waals surface area (Å²) in [5.74, 6) is -2.84. The van der Waals surface area contributed by atoms with Crippen molar-refractivity contribution < 1.29 is 23.0 Å². The Morgan fingerprint density at radius 1 is 1.25 bits per heavy atom. The van der Waals surface area contributed by atoms with Gasteiger partial charge >= 0.3 is 0 Å². The molecule has 192 valence electrons. The Labute approximate surface area is 210 Å². The van der Waals surface area contributed by atoms with Crippen LogP contribution >= 0.6 is 11.6 Å². The number of hydrogen-bond donors (Lipinski definition) is 2. The van der Waals surface area contributed by atoms with Gasteiger partial charge in [0.2, 0.25) is 5.95 Å². The highest BCUT2D eigenvalue weighted by Gasteiger charge is 2.59. The first kappa shape index (κ1) is 23.9. The molecule has 12 heteroatoms. The number of rotatable bonds is 5. The van der Waals surface area contributed by atoms with E-state index in [4.69, 9.17) is 16.3 Å². The number of anilines is 2. The van der Waals surface area contributed by atoms with Gasteiger partial charge in [0, 0.05) is 35.5 Å². The minimum Gasteiger partial charge on any atom is -0.389 e. The Morgan fingerprint density at radius 2 is 2.06 bits per heavy atom. The molecule has 2 aromatic heterocycles. The van der Waals surface area contributed by atoms with E-state index in [1.807, 2.05) is 4.90 Å². The van der Waals surface area contributed by atoms with Gasteiger partial charge in [0.1, 0.15) is 12.2 Å². The predicted molar refractivity (Wildman–Crippen MR) is 128 cm³/mol. The summed E-state index contributed by atoms with van der Waals surface area (Å²) in [5.41, 5.74) is 2.40. The third kappa shape index (κ3) is 4.21. The molecule has 6 rings (SSSR count). The molecular formula is C24H26ClF3N6O2. The van der Waals surface area contributed by atoms with Crippen LogP contribution in [-0.4, -0.2) is 80.3 Å². The largest absolute Gasteiger partial charge is 0.389 e. The third-order valence-electron chi connectivity index (χ3n) is 7.54. The summed E-state index contributed by atoms with van der Waals surface area (Å²) in [6.07, 6.45) is 1.68. The normalized spacial score (nSPS) is 30.1. The molecule has 36 heavy (non-hydrogen) atoms. The van der Waals surface area contributed by atoms with Crippen LogP contribution in [0.2, 0.25) is 5.02 Å². The number of aliphatic hydroxyl groups excluding tert-OH is 1. The maximum Gasteiger partial charge on any atom is 0.272 e. The zero-order chi connectivity index (χ0) is 25.2. The topological polar surface area (TPSA) is 88.3 Å². The molecular weight excluding hydrogens is 497 g/mol. The fraction of sp³-hybridized carbons (Fsp3) is 0.542. The smallest absolute Gasteiger partial charge is 0.272 e. The van der Waals surface area contributed by atoms with E-state index in [1.54, 1.807) is 25.3 Å². The van der Waals surface area contributed by atoms with Gasteiger partial charge in [0.05, 0.1) is 48.5 Å². The van der Waals surface area contributed by atoms with Crippen LogP contribution in [0.15, 0.2) is 24.5 Å². The van der Waals surface area contributed by atoms with E-state index in [1.165, 1.54) is 10.9 Å². The molecule has 0 radical (unpaired) electrons. The summed E-state index contributed by atoms with van der Waals surface area (Å²) >= 11 is 6.56. The number of aromatic nitrogens is 4. The predicted octanol–water partition coefficient (Wildman–Crippen LogP) is 4.00. The number of aliphatic hydroxyl groups is 1. The number of fused-ring (bicyclic) bond motifs is 1. The first-order chi connectivity index (χ1) is 17.2. The number of nitrogens with one attached hydrogen (secondary N) is 1. The second-order valence-corrected chi connectivity index (χ2v) is 10.3. The van der Waals surface area contributed by atoms with Crippen LogP contribution in [0.4, 0.5) is 24.8 Å². The number of benzene rings is 1. The van der Waals surface area contributed by atoms with E-state index in [2.05, 4.69) is 20.4 Å². The summed E-state index contributed by atoms with van der Waals surface area (Å²) in [7, 11) is 0. The lowest BCUT2D eigenvalue weighted by Crippen LogP contribution is -2.50. The molecule has 1 aromatic carbocycles. The molecule has 5 atom stereocenters. The Balaban J connectivity index is 1.22. The fourth-order valence-corrected chi connectivity index (χ4v) is 5.63. The van der Waals surface area contributed by atoms with E-state index >= 15 is 4.39 Å². The summed E-state index contributed by atoms with van der Waals surface area (Å²) < 4.78 is 49.0. The maximum atomic E-state index is 15.4. The van der Waals surface area contributed by atoms with Crippen molar-refractivity contribution in [3.05, 3.63) is 40.8 Å². The summed E-state index contributed by atoms with van der Waals surface area (Å²) in [6, 6.07) is 2.44. The first-order valence-electron chi connectivity index (χ1n) is 12.0. The van der Waals surface area contributed by atoms with Gasteiger partial charge in [-0.2, -0.15) is 5.10 Å². The number of alkyl halides is 3. The quantitative estimate of drug-likeness (QED) is 0.523. The van der Waals surface area contributed by atoms with Crippen molar-refractivity contribution >= 4 is 34.1 Å². The molecule has 1 saturated carbocycles. The van der Waals surface area contributed by atoms with Crippen LogP contribution in [0.25, 0.3) is 10.9 Å². The van der Waals surface area contributed by atoms with Gasteiger partial charge in [0.25, 0.3) is 5.92 Å². The minimum absolute atomic E-state index is 0.184. The maximum absolute atomic E-state index is 15.4. The second-order valence-electron chi connectivity index (χ2n) is 9.90. The van der Waals surface area contributed by atoms with Gasteiger partial charge in [-0.3, -0.25) is 9.58 Å². The Bertz CT molecular complexity index is 1310. The highest BCUT2D eigenvalue weighted by molar-refractivity contribution is 6.32. The van der Waals surface area contributed by atoms with E-state index in [9.17, 15) is 13.9 Å². The van der Waals surface area contributed by atoms with Gasteiger partial charge in [-0.05, 0) is 37.6 Å². The van der Waals surface area contributed by atoms with Gasteiger partial charge in [0.15, 0.2) is 0 Å². The van der Waals surface area contributed by atoms with Crippen molar-refractivity contribution in [1.82, 2.24) is 24.6 Å². The molecule has 8 nitrogen and oxygen atoms in total. The van der Waals surface area contributed by atoms with Crippen molar-refractivity contribution in [2.75, 3.05) is 31.6 Å². The molecule has 0 amide bonds. The van der Waals surface area contributed by atoms with Crippen LogP contribution < -0.4 is 5.32 Å². The van der Waals surface area contributed by atoms with Gasteiger partial charge < -0.3 is 15.2 Å². The van der Waals surface area contributed by atoms with Crippen molar-refractivity contribution in [2.24, 2.45) is 0 Å². The Kier molecular flexibility index (Phi) is 5.86. The zero-order valence-corrected chi connectivity index (χ0v) is 20.3. The molecule has 3 aromatic rings. The van der Waals surface area contributed by atoms with E-state index in [-0.39, 0.29) is 31.6 Å². The van der Waals surface area contributed by atoms with E-state index < -0.39 is 30.2 Å². The monoisotopic (exact) mass is 522 g/mol. The van der Waals surface area contributed by atoms with Crippen molar-refractivity contribution in [2.45, 2.75) is 56.0 Å². The molecule has 2 N–H and O–H groups in total. The molecule has 0 spiro atoms. The summed E-state index contributed by atoms with van der Waals surface area (Å²) in [5, 5.41) is 18.4. The lowest BCUT2D eigenvalue weighted by Gasteiger charge is -2.39. The molecule has 4 heterocycles. The average molecular weight is 523 g/mol. The van der Waals surface area contributed by atoms with Crippen molar-refractivity contribution in [3.8, 4) is 0 Å². The van der Waals surface area contributed by atoms with Crippen LogP contribution in [0.3, 0.4) is 0 Å². The molecule has 0 bridgehead atoms. The van der Waals surface area contributed by atoms with E-state index in [0.29, 0.717) is 52.4 Å². The van der Waals surface area contributed by atoms with Gasteiger partial charge in [-0.15, -0.1) is 0 Å². The average Bonchev–Trinajstić information content (AvgIpc) is 3.12. The van der Waals surface area contributed by atoms with E-state index in [0.717, 1.165) is 0 Å². The first-order valence-corrected chi connectivity index (χ1v) is 12.4. The molecule has 2 aliphatic heterocycles. The minimum atomic E-state index is -2.72. The van der Waals surface area contributed by atoms with Gasteiger partial charge in [-0.1, -0.05) is 11.6 Å². The molecule has 1 unspecified atom stereocenters. The van der Waals surface area contributed by atoms with Crippen LogP contribution in [0.5, 0.6) is 0 Å². The van der Waals surface area contributed by atoms with Crippen LogP contribution in [0, 0.1) is 6.92 Å². The number of halogens is 4. The third-order valence-corrected chi connectivity index (χ3v) is 7.87. The van der Waals surface area contributed by atoms with Crippen molar-refractivity contribution in [1.29, 1.82) is 0 Å². The summed E-state index contributed by atoms with van der Waals surface area (Å²) in [4.78, 5) is 10.8. The lowest BCUT2D eigenvalue weighted by atomic mass is 9.86. The number of piperidine rings is 1. The second kappa shape index (κ2) is 8.83. The zero-order valence-electron chi connectivity index (χ0n) is 19.5. The Hall–Kier alpha value is -2.47. The van der Waals surface area contributed by atoms with Crippen LogP contribution in [0.1, 0.15) is 36.1 Å². The fourth-order valence-electron chi connectivity index (χ4n) is 5.32. The van der Waals surface area contributed by atoms with Crippen molar-refractivity contribution in [3.63, 3.8) is 0 Å². The highest BCUT2D eigenvalue weighted by Crippen LogP contribution is 2.53. The number of ether oxygens (including phenoxy) is 1. The molecule has 3 aliphatic rings. The number of likely N-dealkylation sites (tertiary alicyclic amines) is 1. The number of nitrogens with zero attached hydrogens (tertiary/aromatic N) is 5. The SMILES string of the molecule is Cc1c(Nc2ncc3cc(Cl)c([C@@H]4CCN([C@@H]5COC[C@@H]5O)C[C@H]4F)cc3n2)cnn1C1CC1(F)F. The van der Waals surface area contributed by atoms with Gasteiger partial charge in [-0.25, -0.2) is 23.1 Å². The highest BCUT2D eigenvalue weighted by atomic mass is 35.5. The molecule has 3 fully saturated rings. The summed E-state index contributed by atoms with van der Waals surface area (Å²) in [6.45, 7) is 3.23. The van der Waals surface area contributed by atoms with Crippen LogP contribution in [-0.2, 0) is 4.74 Å². The molecule has 2 saturated heterocycles. The lowest BCUT2D eigenvalue weighted by molar-refractivity contribution is 0.0353. The Morgan fingerprint density at radius 3 is 2.75 bits per heavy atom. The number of hydrogen-bond acceptors (Lipinski definition) is 7.